The molecule has 0 amide bonds. The van der Waals surface area contributed by atoms with Crippen LogP contribution in [0.25, 0.3) is 0 Å². The van der Waals surface area contributed by atoms with Gasteiger partial charge in [-0.05, 0) is 10.8 Å². The van der Waals surface area contributed by atoms with Gasteiger partial charge in [0.05, 0.1) is 9.52 Å². The Morgan fingerprint density at radius 1 is 1.18 bits per heavy atom. The summed E-state index contributed by atoms with van der Waals surface area (Å²) in [6.07, 6.45) is 1.40. The number of benzene rings is 1. The lowest BCUT2D eigenvalue weighted by molar-refractivity contribution is 1.12. The first-order valence-electron chi connectivity index (χ1n) is 4.03. The van der Waals surface area contributed by atoms with Crippen molar-refractivity contribution in [3.8, 4) is 0 Å². The summed E-state index contributed by atoms with van der Waals surface area (Å²) in [6, 6.07) is 12.4. The average molecular weight is 276 g/mol. The summed E-state index contributed by atoms with van der Waals surface area (Å²) in [5.41, 5.74) is 0. The summed E-state index contributed by atoms with van der Waals surface area (Å²) in [6.45, 7) is 0. The molecule has 0 aromatic heterocycles. The number of hydrogen-bond acceptors (Lipinski definition) is 0. The Kier molecular flexibility index (Phi) is 4.86. The topological polar surface area (TPSA) is 0 Å². The molecule has 0 heterocycles. The van der Waals surface area contributed by atoms with Gasteiger partial charge in [-0.25, -0.2) is 0 Å². The van der Waals surface area contributed by atoms with Gasteiger partial charge in [0, 0.05) is 0 Å². The van der Waals surface area contributed by atoms with Crippen LogP contribution in [-0.2, 0) is 0 Å². The molecule has 0 unspecified atom stereocenters. The number of hydrogen-bond donors (Lipinski definition) is 0. The monoisotopic (exact) mass is 276 g/mol. The van der Waals surface area contributed by atoms with Crippen LogP contribution in [0, 0.1) is 0 Å². The molecule has 1 rings (SSSR count). The Morgan fingerprint density at radius 3 is 2.55 bits per heavy atom. The minimum absolute atomic E-state index is 0.0728. The molecule has 0 fully saturated rings. The molecule has 0 atom stereocenters. The molecule has 0 aliphatic heterocycles. The fourth-order valence-corrected chi connectivity index (χ4v) is 4.14. The van der Waals surface area contributed by atoms with E-state index in [1.165, 1.54) is 16.9 Å². The van der Waals surface area contributed by atoms with E-state index in [-0.39, 0.29) is 9.52 Å². The summed E-state index contributed by atoms with van der Waals surface area (Å²) in [5, 5.41) is 1.61. The maximum absolute atomic E-state index is 2.45. The molecular weight excluding hydrogens is 263 g/mol. The Bertz CT molecular complexity index is 186. The lowest BCUT2D eigenvalue weighted by Gasteiger charge is -1.96. The van der Waals surface area contributed by atoms with E-state index in [1.807, 2.05) is 0 Å². The zero-order valence-corrected chi connectivity index (χ0v) is 10.2. The minimum Gasteiger partial charge on any atom is -0.0864 e. The number of rotatable bonds is 4. The molecule has 1 aromatic rings. The van der Waals surface area contributed by atoms with Crippen LogP contribution in [-0.4, -0.2) is 13.9 Å². The van der Waals surface area contributed by atoms with Crippen molar-refractivity contribution >= 4 is 37.3 Å². The first-order chi connectivity index (χ1) is 5.43. The third-order valence-electron chi connectivity index (χ3n) is 1.69. The third kappa shape index (κ3) is 3.91. The van der Waals surface area contributed by atoms with Crippen molar-refractivity contribution in [2.45, 2.75) is 12.5 Å². The summed E-state index contributed by atoms with van der Waals surface area (Å²) in [4.78, 5) is 0. The van der Waals surface area contributed by atoms with E-state index in [4.69, 9.17) is 0 Å². The molecule has 0 N–H and O–H groups in total. The van der Waals surface area contributed by atoms with Crippen LogP contribution >= 0.6 is 22.6 Å². The summed E-state index contributed by atoms with van der Waals surface area (Å²) < 4.78 is 1.32. The van der Waals surface area contributed by atoms with Crippen molar-refractivity contribution in [1.82, 2.24) is 0 Å². The molecule has 0 aliphatic rings. The number of alkyl halides is 1. The predicted molar refractivity (Wildman–Crippen MR) is 62.9 cm³/mol. The first kappa shape index (κ1) is 9.26. The molecule has 0 saturated carbocycles. The summed E-state index contributed by atoms with van der Waals surface area (Å²) in [7, 11) is 0.0728. The summed E-state index contributed by atoms with van der Waals surface area (Å²) in [5.74, 6) is 0. The van der Waals surface area contributed by atoms with Crippen LogP contribution in [0.2, 0.25) is 6.04 Å². The molecule has 11 heavy (non-hydrogen) atoms. The SMILES string of the molecule is ICCC[SiH2]c1ccccc1. The molecule has 0 spiro atoms. The van der Waals surface area contributed by atoms with Crippen molar-refractivity contribution in [3.63, 3.8) is 0 Å². The van der Waals surface area contributed by atoms with Crippen molar-refractivity contribution in [3.05, 3.63) is 30.3 Å². The second-order valence-corrected chi connectivity index (χ2v) is 5.73. The molecule has 0 nitrogen and oxygen atoms in total. The highest BCUT2D eigenvalue weighted by molar-refractivity contribution is 14.1. The quantitative estimate of drug-likeness (QED) is 0.340. The zero-order valence-electron chi connectivity index (χ0n) is 6.59. The standard InChI is InChI=1S/C9H13ISi/c10-7-4-8-11-9-5-2-1-3-6-9/h1-3,5-6H,4,7-8,11H2. The van der Waals surface area contributed by atoms with E-state index in [1.54, 1.807) is 5.19 Å². The van der Waals surface area contributed by atoms with Gasteiger partial charge in [0.2, 0.25) is 0 Å². The van der Waals surface area contributed by atoms with E-state index in [0.29, 0.717) is 0 Å². The van der Waals surface area contributed by atoms with Crippen LogP contribution < -0.4 is 5.19 Å². The predicted octanol–water partition coefficient (Wildman–Crippen LogP) is 1.72. The van der Waals surface area contributed by atoms with Crippen molar-refractivity contribution < 1.29 is 0 Å². The lowest BCUT2D eigenvalue weighted by Crippen LogP contribution is -2.12. The minimum atomic E-state index is 0.0728. The molecule has 0 aliphatic carbocycles. The first-order valence-corrected chi connectivity index (χ1v) is 7.26. The van der Waals surface area contributed by atoms with Crippen molar-refractivity contribution in [2.24, 2.45) is 0 Å². The van der Waals surface area contributed by atoms with Crippen molar-refractivity contribution in [2.75, 3.05) is 4.43 Å². The van der Waals surface area contributed by atoms with Gasteiger partial charge >= 0.3 is 0 Å². The van der Waals surface area contributed by atoms with Gasteiger partial charge in [-0.3, -0.25) is 0 Å². The van der Waals surface area contributed by atoms with Crippen LogP contribution in [0.15, 0.2) is 30.3 Å². The highest BCUT2D eigenvalue weighted by Gasteiger charge is 1.90. The van der Waals surface area contributed by atoms with Gasteiger partial charge < -0.3 is 0 Å². The lowest BCUT2D eigenvalue weighted by atomic mass is 10.4. The third-order valence-corrected chi connectivity index (χ3v) is 4.36. The van der Waals surface area contributed by atoms with E-state index in [2.05, 4.69) is 52.9 Å². The van der Waals surface area contributed by atoms with Gasteiger partial charge in [0.25, 0.3) is 0 Å². The van der Waals surface area contributed by atoms with Crippen molar-refractivity contribution in [1.29, 1.82) is 0 Å². The van der Waals surface area contributed by atoms with Gasteiger partial charge in [-0.1, -0.05) is 64.2 Å². The second kappa shape index (κ2) is 5.77. The van der Waals surface area contributed by atoms with Gasteiger partial charge in [0.1, 0.15) is 0 Å². The van der Waals surface area contributed by atoms with E-state index >= 15 is 0 Å². The van der Waals surface area contributed by atoms with Crippen LogP contribution in [0.1, 0.15) is 6.42 Å². The van der Waals surface area contributed by atoms with E-state index in [9.17, 15) is 0 Å². The fourth-order valence-electron chi connectivity index (χ4n) is 1.07. The maximum Gasteiger partial charge on any atom is 0.0547 e. The molecular formula is C9H13ISi. The zero-order chi connectivity index (χ0) is 7.94. The molecule has 1 aromatic carbocycles. The van der Waals surface area contributed by atoms with Gasteiger partial charge in [-0.2, -0.15) is 0 Å². The highest BCUT2D eigenvalue weighted by Crippen LogP contribution is 1.94. The van der Waals surface area contributed by atoms with Gasteiger partial charge in [-0.15, -0.1) is 0 Å². The van der Waals surface area contributed by atoms with Crippen LogP contribution in [0.5, 0.6) is 0 Å². The Morgan fingerprint density at radius 2 is 1.91 bits per heavy atom. The molecule has 0 radical (unpaired) electrons. The Balaban J connectivity index is 2.28. The average Bonchev–Trinajstić information content (AvgIpc) is 2.07. The highest BCUT2D eigenvalue weighted by atomic mass is 127. The van der Waals surface area contributed by atoms with Gasteiger partial charge in [0.15, 0.2) is 0 Å². The molecule has 2 heteroatoms. The molecule has 0 bridgehead atoms. The maximum atomic E-state index is 2.45. The van der Waals surface area contributed by atoms with Crippen LogP contribution in [0.3, 0.4) is 0 Å². The molecule has 0 saturated heterocycles. The smallest absolute Gasteiger partial charge is 0.0547 e. The fraction of sp³-hybridized carbons (Fsp3) is 0.333. The van der Waals surface area contributed by atoms with E-state index < -0.39 is 0 Å². The Labute approximate surface area is 84.4 Å². The van der Waals surface area contributed by atoms with Crippen LogP contribution in [0.4, 0.5) is 0 Å². The normalized spacial score (nSPS) is 11.0. The second-order valence-electron chi connectivity index (χ2n) is 2.63. The summed E-state index contributed by atoms with van der Waals surface area (Å²) >= 11 is 2.45. The van der Waals surface area contributed by atoms with E-state index in [0.717, 1.165) is 0 Å². The largest absolute Gasteiger partial charge is 0.0864 e. The Hall–Kier alpha value is 0.167. The number of halogens is 1. The molecule has 60 valence electrons.